The Hall–Kier alpha value is -2.83. The third-order valence-electron chi connectivity index (χ3n) is 5.05. The molecule has 3 aromatic rings. The molecule has 4 rings (SSSR count). The fourth-order valence-electron chi connectivity index (χ4n) is 3.74. The Morgan fingerprint density at radius 3 is 2.88 bits per heavy atom. The fraction of sp³-hybridized carbons (Fsp3) is 0.421. The highest BCUT2D eigenvalue weighted by atomic mass is 16.1. The molecule has 1 atom stereocenters. The third kappa shape index (κ3) is 2.94. The summed E-state index contributed by atoms with van der Waals surface area (Å²) < 4.78 is 1.88. The molecule has 0 spiro atoms. The molecule has 0 aliphatic carbocycles. The van der Waals surface area contributed by atoms with Crippen LogP contribution in [-0.4, -0.2) is 32.6 Å². The molecular weight excluding hydrogens is 328 g/mol. The third-order valence-corrected chi connectivity index (χ3v) is 5.05. The van der Waals surface area contributed by atoms with E-state index in [1.165, 1.54) is 0 Å². The number of hydrogen-bond acceptors (Lipinski definition) is 5. The maximum absolute atomic E-state index is 12.5. The van der Waals surface area contributed by atoms with Crippen molar-refractivity contribution in [3.63, 3.8) is 0 Å². The topological polar surface area (TPSA) is 92.8 Å². The van der Waals surface area contributed by atoms with Gasteiger partial charge < -0.3 is 15.6 Å². The van der Waals surface area contributed by atoms with Crippen molar-refractivity contribution >= 4 is 22.8 Å². The van der Waals surface area contributed by atoms with E-state index in [-0.39, 0.29) is 17.6 Å². The summed E-state index contributed by atoms with van der Waals surface area (Å²) in [5, 5.41) is 0. The number of imidazole rings is 1. The van der Waals surface area contributed by atoms with Crippen molar-refractivity contribution in [2.24, 2.45) is 0 Å². The molecule has 1 aliphatic heterocycles. The number of piperidine rings is 1. The Balaban J connectivity index is 1.68. The normalized spacial score (nSPS) is 18.0. The van der Waals surface area contributed by atoms with E-state index in [2.05, 4.69) is 33.7 Å². The second-order valence-corrected chi connectivity index (χ2v) is 7.22. The smallest absolute Gasteiger partial charge is 0.326 e. The summed E-state index contributed by atoms with van der Waals surface area (Å²) in [4.78, 5) is 26.5. The predicted molar refractivity (Wildman–Crippen MR) is 104 cm³/mol. The zero-order chi connectivity index (χ0) is 18.3. The molecule has 0 saturated carbocycles. The molecule has 1 aliphatic rings. The number of nitrogens with one attached hydrogen (secondary N) is 1. The van der Waals surface area contributed by atoms with Crippen LogP contribution in [0, 0.1) is 0 Å². The number of nitrogens with two attached hydrogens (primary N) is 1. The van der Waals surface area contributed by atoms with Crippen LogP contribution in [0.5, 0.6) is 0 Å². The van der Waals surface area contributed by atoms with Crippen molar-refractivity contribution in [2.45, 2.75) is 38.6 Å². The van der Waals surface area contributed by atoms with E-state index in [1.807, 2.05) is 34.9 Å². The van der Waals surface area contributed by atoms with Crippen LogP contribution in [0.15, 0.2) is 35.1 Å². The van der Waals surface area contributed by atoms with Crippen molar-refractivity contribution in [3.8, 4) is 0 Å². The monoisotopic (exact) mass is 352 g/mol. The maximum Gasteiger partial charge on any atom is 0.326 e. The lowest BCUT2D eigenvalue weighted by Gasteiger charge is -2.34. The van der Waals surface area contributed by atoms with E-state index in [1.54, 1.807) is 0 Å². The van der Waals surface area contributed by atoms with Crippen LogP contribution in [0.1, 0.15) is 44.3 Å². The average molecular weight is 352 g/mol. The van der Waals surface area contributed by atoms with Crippen LogP contribution in [0.4, 0.5) is 11.8 Å². The molecule has 1 saturated heterocycles. The number of para-hydroxylation sites is 2. The first-order chi connectivity index (χ1) is 12.5. The summed E-state index contributed by atoms with van der Waals surface area (Å²) >= 11 is 0. The van der Waals surface area contributed by atoms with Crippen LogP contribution in [0.3, 0.4) is 0 Å². The molecule has 0 bridgehead atoms. The van der Waals surface area contributed by atoms with Gasteiger partial charge in [-0.2, -0.15) is 4.98 Å². The van der Waals surface area contributed by atoms with Gasteiger partial charge in [0.1, 0.15) is 5.82 Å². The Labute approximate surface area is 151 Å². The number of nitrogens with zero attached hydrogens (tertiary/aromatic N) is 4. The van der Waals surface area contributed by atoms with E-state index >= 15 is 0 Å². The minimum absolute atomic E-state index is 0.0527. The zero-order valence-electron chi connectivity index (χ0n) is 15.1. The molecule has 3 heterocycles. The molecular formula is C19H24N6O. The van der Waals surface area contributed by atoms with Gasteiger partial charge in [-0.25, -0.2) is 9.78 Å². The van der Waals surface area contributed by atoms with Crippen molar-refractivity contribution < 1.29 is 0 Å². The number of rotatable bonds is 3. The number of benzene rings is 1. The van der Waals surface area contributed by atoms with E-state index < -0.39 is 0 Å². The standard InChI is InChI=1S/C19H24N6O/c1-12(2)15-10-17(23-18(20)21-15)24-9-5-6-13(11-24)25-16-8-4-3-7-14(16)22-19(25)26/h3-4,7-8,10,12-13H,5-6,9,11H2,1-2H3,(H,22,26)(H2,20,21,23). The van der Waals surface area contributed by atoms with Gasteiger partial charge in [0, 0.05) is 19.2 Å². The lowest BCUT2D eigenvalue weighted by Crippen LogP contribution is -2.39. The van der Waals surface area contributed by atoms with Crippen molar-refractivity contribution in [1.82, 2.24) is 19.5 Å². The van der Waals surface area contributed by atoms with Gasteiger partial charge in [0.05, 0.1) is 22.8 Å². The fourth-order valence-corrected chi connectivity index (χ4v) is 3.74. The van der Waals surface area contributed by atoms with Gasteiger partial charge in [-0.15, -0.1) is 0 Å². The number of fused-ring (bicyclic) bond motifs is 1. The molecule has 0 radical (unpaired) electrons. The lowest BCUT2D eigenvalue weighted by molar-refractivity contribution is 0.404. The summed E-state index contributed by atoms with van der Waals surface area (Å²) in [6.45, 7) is 5.82. The minimum atomic E-state index is -0.0527. The molecule has 26 heavy (non-hydrogen) atoms. The highest BCUT2D eigenvalue weighted by Gasteiger charge is 2.25. The number of hydrogen-bond donors (Lipinski definition) is 2. The summed E-state index contributed by atoms with van der Waals surface area (Å²) in [6.07, 6.45) is 1.97. The molecule has 1 fully saturated rings. The highest BCUT2D eigenvalue weighted by molar-refractivity contribution is 5.75. The first-order valence-corrected chi connectivity index (χ1v) is 9.11. The molecule has 7 heteroatoms. The van der Waals surface area contributed by atoms with Crippen molar-refractivity contribution in [1.29, 1.82) is 0 Å². The second-order valence-electron chi connectivity index (χ2n) is 7.22. The van der Waals surface area contributed by atoms with Gasteiger partial charge in [0.2, 0.25) is 5.95 Å². The summed E-state index contributed by atoms with van der Waals surface area (Å²) in [7, 11) is 0. The second kappa shape index (κ2) is 6.48. The van der Waals surface area contributed by atoms with Crippen LogP contribution >= 0.6 is 0 Å². The first kappa shape index (κ1) is 16.6. The van der Waals surface area contributed by atoms with Gasteiger partial charge in [0.15, 0.2) is 0 Å². The van der Waals surface area contributed by atoms with Gasteiger partial charge in [-0.3, -0.25) is 4.57 Å². The Morgan fingerprint density at radius 1 is 1.27 bits per heavy atom. The maximum atomic E-state index is 12.5. The number of anilines is 2. The molecule has 7 nitrogen and oxygen atoms in total. The predicted octanol–water partition coefficient (Wildman–Crippen LogP) is 2.67. The lowest BCUT2D eigenvalue weighted by atomic mass is 10.0. The summed E-state index contributed by atoms with van der Waals surface area (Å²) in [5.41, 5.74) is 8.64. The van der Waals surface area contributed by atoms with Crippen molar-refractivity contribution in [3.05, 3.63) is 46.5 Å². The molecule has 1 unspecified atom stereocenters. The van der Waals surface area contributed by atoms with Gasteiger partial charge in [-0.05, 0) is 30.9 Å². The highest BCUT2D eigenvalue weighted by Crippen LogP contribution is 2.28. The molecule has 2 aromatic heterocycles. The Bertz CT molecular complexity index is 989. The number of H-pyrrole nitrogens is 1. The van der Waals surface area contributed by atoms with Crippen LogP contribution in [0.25, 0.3) is 11.0 Å². The van der Waals surface area contributed by atoms with Crippen LogP contribution < -0.4 is 16.3 Å². The van der Waals surface area contributed by atoms with Gasteiger partial charge in [-0.1, -0.05) is 26.0 Å². The number of nitrogen functional groups attached to an aromatic ring is 1. The quantitative estimate of drug-likeness (QED) is 0.756. The number of aromatic amines is 1. The van der Waals surface area contributed by atoms with Crippen LogP contribution in [0.2, 0.25) is 0 Å². The Kier molecular flexibility index (Phi) is 4.14. The first-order valence-electron chi connectivity index (χ1n) is 9.11. The van der Waals surface area contributed by atoms with E-state index in [0.29, 0.717) is 5.95 Å². The molecule has 0 amide bonds. The summed E-state index contributed by atoms with van der Waals surface area (Å²) in [5.74, 6) is 1.44. The molecule has 3 N–H and O–H groups in total. The minimum Gasteiger partial charge on any atom is -0.368 e. The van der Waals surface area contributed by atoms with Crippen molar-refractivity contribution in [2.75, 3.05) is 23.7 Å². The van der Waals surface area contributed by atoms with Crippen LogP contribution in [-0.2, 0) is 0 Å². The molecule has 136 valence electrons. The van der Waals surface area contributed by atoms with Gasteiger partial charge in [0.25, 0.3) is 0 Å². The van der Waals surface area contributed by atoms with Gasteiger partial charge >= 0.3 is 5.69 Å². The largest absolute Gasteiger partial charge is 0.368 e. The van der Waals surface area contributed by atoms with E-state index in [9.17, 15) is 4.79 Å². The molecule has 1 aromatic carbocycles. The van der Waals surface area contributed by atoms with E-state index in [4.69, 9.17) is 5.73 Å². The SMILES string of the molecule is CC(C)c1cc(N2CCCC(n3c(=O)[nH]c4ccccc43)C2)nc(N)n1. The average Bonchev–Trinajstić information content (AvgIpc) is 2.97. The Morgan fingerprint density at radius 2 is 2.08 bits per heavy atom. The summed E-state index contributed by atoms with van der Waals surface area (Å²) in [6, 6.07) is 9.95. The number of aromatic nitrogens is 4. The van der Waals surface area contributed by atoms with E-state index in [0.717, 1.165) is 48.5 Å². The zero-order valence-corrected chi connectivity index (χ0v) is 15.1.